The fraction of sp³-hybridized carbons (Fsp3) is 0. The van der Waals surface area contributed by atoms with Crippen LogP contribution in [0.4, 0.5) is 0 Å². The van der Waals surface area contributed by atoms with E-state index in [0.29, 0.717) is 0 Å². The molecule has 0 spiro atoms. The van der Waals surface area contributed by atoms with Crippen molar-refractivity contribution >= 4 is 69.4 Å². The summed E-state index contributed by atoms with van der Waals surface area (Å²) in [6, 6.07) is 0. The van der Waals surface area contributed by atoms with Crippen LogP contribution in [0.15, 0.2) is 0 Å². The minimum Gasteiger partial charge on any atom is -0.344 e. The van der Waals surface area contributed by atoms with Gasteiger partial charge in [-0.05, 0) is 0 Å². The molecule has 0 saturated carbocycles. The third-order valence-electron chi connectivity index (χ3n) is 0. The topological polar surface area (TPSA) is 245 Å². The van der Waals surface area contributed by atoms with Gasteiger partial charge < -0.3 is 43.1 Å². The monoisotopic (exact) mass is 431 g/mol. The molecule has 21 N–H and O–H groups in total. The van der Waals surface area contributed by atoms with Gasteiger partial charge >= 0.3 is 0 Å². The van der Waals surface area contributed by atoms with Crippen LogP contribution >= 0.6 is 0 Å². The minimum atomic E-state index is 0. The van der Waals surface area contributed by atoms with Gasteiger partial charge in [0.05, 0.1) is 0 Å². The average molecular weight is 431 g/mol. The summed E-state index contributed by atoms with van der Waals surface area (Å²) in [7, 11) is 0. The minimum absolute atomic E-state index is 0. The molecule has 0 atom stereocenters. The van der Waals surface area contributed by atoms with E-state index in [-0.39, 0.29) is 199 Å². The largest absolute Gasteiger partial charge is 0.344 e. The third-order valence-corrected chi connectivity index (χ3v) is 0. The Hall–Kier alpha value is 4.71. The van der Waals surface area contributed by atoms with Gasteiger partial charge in [0.25, 0.3) is 0 Å². The molecule has 0 fully saturated rings. The Labute approximate surface area is 196 Å². The van der Waals surface area contributed by atoms with Crippen molar-refractivity contribution in [1.29, 1.82) is 0 Å². The van der Waals surface area contributed by atoms with Gasteiger partial charge in [-0.3, -0.25) is 0 Å². The van der Waals surface area contributed by atoms with Crippen LogP contribution in [0.5, 0.6) is 0 Å². The molecule has 0 aliphatic rings. The summed E-state index contributed by atoms with van der Waals surface area (Å²) in [5.74, 6) is 0. The zero-order valence-electron chi connectivity index (χ0n) is 6.95. The Balaban J connectivity index is 0. The molecule has 0 heterocycles. The Morgan fingerprint density at radius 2 is 0.200 bits per heavy atom. The molecule has 0 rings (SSSR count). The van der Waals surface area contributed by atoms with Crippen LogP contribution < -0.4 is 43.1 Å². The summed E-state index contributed by atoms with van der Waals surface area (Å²) in [5.41, 5.74) is 0. The van der Waals surface area contributed by atoms with E-state index in [0.717, 1.165) is 0 Å². The molecule has 15 heteroatoms. The summed E-state index contributed by atoms with van der Waals surface area (Å²) in [6.07, 6.45) is 0. The predicted molar refractivity (Wildman–Crippen MR) is 74.9 cm³/mol. The van der Waals surface area contributed by atoms with E-state index < -0.39 is 0 Å². The summed E-state index contributed by atoms with van der Waals surface area (Å²) in [4.78, 5) is 0. The van der Waals surface area contributed by atoms with Crippen molar-refractivity contribution in [3.05, 3.63) is 0 Å². The van der Waals surface area contributed by atoms with Crippen LogP contribution in [0.25, 0.3) is 0 Å². The van der Waals surface area contributed by atoms with Crippen LogP contribution in [0, 0.1) is 0 Å². The van der Waals surface area contributed by atoms with Gasteiger partial charge in [0, 0.05) is 86.9 Å². The molecule has 0 bridgehead atoms. The molecule has 0 aromatic heterocycles. The second kappa shape index (κ2) is 265. The SMILES string of the molecule is N.N.N.N.N.N.N.[AlH3].[AlH3].[AlH3].[AlH3].[Ti].[Ti].[Ti].[Ti]. The standard InChI is InChI=1S/4Al.7H3N.4Ti.12H/h;;;;7*1H3;;;;;;;;;;;;;;;;. The second-order valence-electron chi connectivity index (χ2n) is 0. The van der Waals surface area contributed by atoms with E-state index in [1.807, 2.05) is 0 Å². The van der Waals surface area contributed by atoms with Crippen LogP contribution in [-0.4, -0.2) is 69.4 Å². The van der Waals surface area contributed by atoms with Crippen LogP contribution in [0.2, 0.25) is 0 Å². The zero-order chi connectivity index (χ0) is 0. The smallest absolute Gasteiger partial charge is 0.187 e. The zero-order valence-corrected chi connectivity index (χ0v) is 13.2. The molecule has 96 valence electrons. The van der Waals surface area contributed by atoms with Crippen LogP contribution in [0.1, 0.15) is 0 Å². The Bertz CT molecular complexity index is 23.0. The van der Waals surface area contributed by atoms with Crippen molar-refractivity contribution < 1.29 is 86.9 Å². The molecule has 7 nitrogen and oxygen atoms in total. The average Bonchev–Trinajstić information content (AvgIpc) is 0. The molecular weight excluding hydrogens is 397 g/mol. The first-order valence-electron chi connectivity index (χ1n) is 0. The summed E-state index contributed by atoms with van der Waals surface area (Å²) < 4.78 is 0. The first-order valence-corrected chi connectivity index (χ1v) is 0. The van der Waals surface area contributed by atoms with E-state index in [4.69, 9.17) is 0 Å². The van der Waals surface area contributed by atoms with Gasteiger partial charge in [0.15, 0.2) is 69.4 Å². The van der Waals surface area contributed by atoms with Crippen molar-refractivity contribution in [1.82, 2.24) is 43.1 Å². The maximum atomic E-state index is 0. The number of rotatable bonds is 0. The molecule has 0 aliphatic carbocycles. The van der Waals surface area contributed by atoms with Crippen molar-refractivity contribution in [2.45, 2.75) is 0 Å². The summed E-state index contributed by atoms with van der Waals surface area (Å²) in [5, 5.41) is 0. The molecule has 0 radical (unpaired) electrons. The molecule has 0 amide bonds. The fourth-order valence-corrected chi connectivity index (χ4v) is 0. The van der Waals surface area contributed by atoms with E-state index in [2.05, 4.69) is 0 Å². The number of hydrogen-bond donors (Lipinski definition) is 7. The maximum Gasteiger partial charge on any atom is 0.187 e. The van der Waals surface area contributed by atoms with Gasteiger partial charge in [0.1, 0.15) is 0 Å². The van der Waals surface area contributed by atoms with Gasteiger partial charge in [-0.1, -0.05) is 0 Å². The first kappa shape index (κ1) is 311. The van der Waals surface area contributed by atoms with E-state index >= 15 is 0 Å². The Morgan fingerprint density at radius 3 is 0.200 bits per heavy atom. The van der Waals surface area contributed by atoms with Crippen LogP contribution in [-0.2, 0) is 86.9 Å². The molecule has 0 aromatic carbocycles. The van der Waals surface area contributed by atoms with Gasteiger partial charge in [-0.15, -0.1) is 0 Å². The van der Waals surface area contributed by atoms with Crippen LogP contribution in [0.3, 0.4) is 0 Å². The quantitative estimate of drug-likeness (QED) is 0.190. The molecular formula is H33Al4N7Ti4. The molecule has 15 heavy (non-hydrogen) atoms. The molecule has 0 unspecified atom stereocenters. The van der Waals surface area contributed by atoms with E-state index in [1.54, 1.807) is 0 Å². The molecule has 0 saturated heterocycles. The van der Waals surface area contributed by atoms with Gasteiger partial charge in [-0.2, -0.15) is 0 Å². The summed E-state index contributed by atoms with van der Waals surface area (Å²) in [6.45, 7) is 0. The fourth-order valence-electron chi connectivity index (χ4n) is 0. The van der Waals surface area contributed by atoms with Crippen molar-refractivity contribution in [2.24, 2.45) is 0 Å². The Kier molecular flexibility index (Phi) is 5490. The second-order valence-corrected chi connectivity index (χ2v) is 0. The third kappa shape index (κ3) is 236. The van der Waals surface area contributed by atoms with Gasteiger partial charge in [-0.25, -0.2) is 0 Å². The predicted octanol–water partition coefficient (Wildman–Crippen LogP) is -3.61. The maximum absolute atomic E-state index is 0. The van der Waals surface area contributed by atoms with Crippen molar-refractivity contribution in [3.8, 4) is 0 Å². The van der Waals surface area contributed by atoms with Gasteiger partial charge in [0.2, 0.25) is 0 Å². The summed E-state index contributed by atoms with van der Waals surface area (Å²) >= 11 is 0. The first-order chi connectivity index (χ1) is 0. The van der Waals surface area contributed by atoms with E-state index in [9.17, 15) is 0 Å². The van der Waals surface area contributed by atoms with Crippen molar-refractivity contribution in [2.75, 3.05) is 0 Å². The molecule has 0 aromatic rings. The van der Waals surface area contributed by atoms with Crippen molar-refractivity contribution in [3.63, 3.8) is 0 Å². The normalized spacial score (nSPS) is 0. The van der Waals surface area contributed by atoms with E-state index in [1.165, 1.54) is 0 Å². The number of hydrogen-bond acceptors (Lipinski definition) is 7. The Morgan fingerprint density at radius 1 is 0.200 bits per heavy atom. The molecule has 0 aliphatic heterocycles.